The zero-order valence-electron chi connectivity index (χ0n) is 12.0. The van der Waals surface area contributed by atoms with E-state index >= 15 is 0 Å². The summed E-state index contributed by atoms with van der Waals surface area (Å²) in [5.74, 6) is 1.49. The summed E-state index contributed by atoms with van der Waals surface area (Å²) in [6, 6.07) is 5.63. The molecule has 1 aromatic carbocycles. The van der Waals surface area contributed by atoms with Gasteiger partial charge < -0.3 is 19.9 Å². The van der Waals surface area contributed by atoms with Gasteiger partial charge in [0.15, 0.2) is 11.5 Å². The molecule has 1 heterocycles. The molecule has 0 amide bonds. The molecule has 1 unspecified atom stereocenters. The third-order valence-corrected chi connectivity index (χ3v) is 4.36. The number of hydrogen-bond donors (Lipinski definition) is 2. The number of aliphatic hydroxyl groups is 1. The summed E-state index contributed by atoms with van der Waals surface area (Å²) in [5.41, 5.74) is 1.39. The van der Waals surface area contributed by atoms with E-state index in [1.165, 1.54) is 25.7 Å². The number of ether oxygens (including phenoxy) is 2. The average molecular weight is 277 g/mol. The van der Waals surface area contributed by atoms with Gasteiger partial charge in [-0.25, -0.2) is 0 Å². The van der Waals surface area contributed by atoms with E-state index in [-0.39, 0.29) is 6.79 Å². The van der Waals surface area contributed by atoms with E-state index in [0.717, 1.165) is 23.6 Å². The predicted molar refractivity (Wildman–Crippen MR) is 77.0 cm³/mol. The molecule has 110 valence electrons. The van der Waals surface area contributed by atoms with E-state index < -0.39 is 6.10 Å². The number of rotatable bonds is 7. The highest BCUT2D eigenvalue weighted by molar-refractivity contribution is 5.45. The number of hydrogen-bond acceptors (Lipinski definition) is 4. The normalized spacial score (nSPS) is 19.9. The van der Waals surface area contributed by atoms with Crippen LogP contribution in [0.4, 0.5) is 0 Å². The van der Waals surface area contributed by atoms with Crippen LogP contribution in [0, 0.1) is 5.41 Å². The standard InChI is InChI=1S/C16H23NO3/c1-2-5-16(6-7-16)10-17-9-13(18)12-3-4-14-15(8-12)20-11-19-14/h3-4,8,13,17-18H,2,5-7,9-11H2,1H3. The van der Waals surface area contributed by atoms with Gasteiger partial charge in [0.25, 0.3) is 0 Å². The Morgan fingerprint density at radius 2 is 2.10 bits per heavy atom. The fraction of sp³-hybridized carbons (Fsp3) is 0.625. The van der Waals surface area contributed by atoms with Gasteiger partial charge in [-0.15, -0.1) is 0 Å². The Kier molecular flexibility index (Phi) is 3.85. The summed E-state index contributed by atoms with van der Waals surface area (Å²) < 4.78 is 10.6. The summed E-state index contributed by atoms with van der Waals surface area (Å²) in [4.78, 5) is 0. The summed E-state index contributed by atoms with van der Waals surface area (Å²) >= 11 is 0. The summed E-state index contributed by atoms with van der Waals surface area (Å²) in [5, 5.41) is 13.7. The van der Waals surface area contributed by atoms with Crippen LogP contribution in [0.15, 0.2) is 18.2 Å². The van der Waals surface area contributed by atoms with Crippen LogP contribution in [0.5, 0.6) is 11.5 Å². The van der Waals surface area contributed by atoms with Gasteiger partial charge in [0.2, 0.25) is 6.79 Å². The Labute approximate surface area is 120 Å². The van der Waals surface area contributed by atoms with E-state index in [9.17, 15) is 5.11 Å². The molecule has 4 heteroatoms. The minimum absolute atomic E-state index is 0.271. The maximum atomic E-state index is 10.2. The molecule has 0 aromatic heterocycles. The molecule has 0 bridgehead atoms. The second-order valence-electron chi connectivity index (χ2n) is 6.01. The van der Waals surface area contributed by atoms with Gasteiger partial charge in [0, 0.05) is 13.1 Å². The van der Waals surface area contributed by atoms with Gasteiger partial charge in [-0.05, 0) is 42.4 Å². The van der Waals surface area contributed by atoms with Crippen molar-refractivity contribution in [2.45, 2.75) is 38.7 Å². The highest BCUT2D eigenvalue weighted by atomic mass is 16.7. The fourth-order valence-electron chi connectivity index (χ4n) is 2.93. The maximum Gasteiger partial charge on any atom is 0.231 e. The minimum Gasteiger partial charge on any atom is -0.454 e. The van der Waals surface area contributed by atoms with Crippen molar-refractivity contribution >= 4 is 0 Å². The average Bonchev–Trinajstić information content (AvgIpc) is 3.04. The Morgan fingerprint density at radius 3 is 2.85 bits per heavy atom. The summed E-state index contributed by atoms with van der Waals surface area (Å²) in [6.07, 6.45) is 4.69. The first-order chi connectivity index (χ1) is 9.72. The third kappa shape index (κ3) is 2.91. The van der Waals surface area contributed by atoms with Crippen molar-refractivity contribution < 1.29 is 14.6 Å². The van der Waals surface area contributed by atoms with Gasteiger partial charge >= 0.3 is 0 Å². The Morgan fingerprint density at radius 1 is 1.30 bits per heavy atom. The molecule has 3 rings (SSSR count). The minimum atomic E-state index is -0.498. The van der Waals surface area contributed by atoms with Crippen molar-refractivity contribution in [1.82, 2.24) is 5.32 Å². The lowest BCUT2D eigenvalue weighted by molar-refractivity contribution is 0.168. The molecule has 4 nitrogen and oxygen atoms in total. The zero-order valence-corrected chi connectivity index (χ0v) is 12.0. The molecule has 2 aliphatic rings. The lowest BCUT2D eigenvalue weighted by Gasteiger charge is -2.17. The molecule has 1 atom stereocenters. The van der Waals surface area contributed by atoms with Crippen LogP contribution in [-0.4, -0.2) is 25.0 Å². The zero-order chi connectivity index (χ0) is 14.0. The highest BCUT2D eigenvalue weighted by Gasteiger charge is 2.40. The first-order valence-corrected chi connectivity index (χ1v) is 7.51. The molecule has 0 spiro atoms. The number of aliphatic hydroxyl groups excluding tert-OH is 1. The number of nitrogens with one attached hydrogen (secondary N) is 1. The molecule has 20 heavy (non-hydrogen) atoms. The van der Waals surface area contributed by atoms with Gasteiger partial charge in [0.1, 0.15) is 0 Å². The van der Waals surface area contributed by atoms with Gasteiger partial charge in [0.05, 0.1) is 6.10 Å². The SMILES string of the molecule is CCCC1(CNCC(O)c2ccc3c(c2)OCO3)CC1. The van der Waals surface area contributed by atoms with E-state index in [2.05, 4.69) is 12.2 Å². The molecule has 0 radical (unpaired) electrons. The first kappa shape index (κ1) is 13.7. The maximum absolute atomic E-state index is 10.2. The number of benzene rings is 1. The molecular formula is C16H23NO3. The van der Waals surface area contributed by atoms with Gasteiger partial charge in [-0.3, -0.25) is 0 Å². The van der Waals surface area contributed by atoms with Gasteiger partial charge in [-0.1, -0.05) is 19.4 Å². The monoisotopic (exact) mass is 277 g/mol. The van der Waals surface area contributed by atoms with Gasteiger partial charge in [-0.2, -0.15) is 0 Å². The Balaban J connectivity index is 1.50. The number of fused-ring (bicyclic) bond motifs is 1. The van der Waals surface area contributed by atoms with Crippen molar-refractivity contribution in [1.29, 1.82) is 0 Å². The quantitative estimate of drug-likeness (QED) is 0.804. The smallest absolute Gasteiger partial charge is 0.231 e. The van der Waals surface area contributed by atoms with Crippen LogP contribution in [0.1, 0.15) is 44.3 Å². The predicted octanol–water partition coefficient (Wildman–Crippen LogP) is 2.62. The molecule has 1 aliphatic carbocycles. The lowest BCUT2D eigenvalue weighted by atomic mass is 10.0. The van der Waals surface area contributed by atoms with Crippen molar-refractivity contribution in [2.24, 2.45) is 5.41 Å². The van der Waals surface area contributed by atoms with E-state index in [1.54, 1.807) is 0 Å². The van der Waals surface area contributed by atoms with Crippen molar-refractivity contribution in [3.8, 4) is 11.5 Å². The summed E-state index contributed by atoms with van der Waals surface area (Å²) in [6.45, 7) is 4.11. The van der Waals surface area contributed by atoms with Crippen LogP contribution in [-0.2, 0) is 0 Å². The lowest BCUT2D eigenvalue weighted by Crippen LogP contribution is -2.28. The van der Waals surface area contributed by atoms with E-state index in [0.29, 0.717) is 12.0 Å². The third-order valence-electron chi connectivity index (χ3n) is 4.36. The first-order valence-electron chi connectivity index (χ1n) is 7.51. The van der Waals surface area contributed by atoms with Crippen molar-refractivity contribution in [2.75, 3.05) is 19.9 Å². The molecule has 1 aromatic rings. The Bertz CT molecular complexity index is 471. The fourth-order valence-corrected chi connectivity index (χ4v) is 2.93. The second kappa shape index (κ2) is 5.62. The van der Waals surface area contributed by atoms with Crippen LogP contribution < -0.4 is 14.8 Å². The molecule has 1 aliphatic heterocycles. The molecule has 1 saturated carbocycles. The molecule has 0 saturated heterocycles. The van der Waals surface area contributed by atoms with Crippen LogP contribution in [0.3, 0.4) is 0 Å². The van der Waals surface area contributed by atoms with Crippen LogP contribution in [0.25, 0.3) is 0 Å². The summed E-state index contributed by atoms with van der Waals surface area (Å²) in [7, 11) is 0. The molecule has 2 N–H and O–H groups in total. The van der Waals surface area contributed by atoms with Crippen molar-refractivity contribution in [3.05, 3.63) is 23.8 Å². The van der Waals surface area contributed by atoms with Crippen LogP contribution >= 0.6 is 0 Å². The topological polar surface area (TPSA) is 50.7 Å². The van der Waals surface area contributed by atoms with E-state index in [1.807, 2.05) is 18.2 Å². The van der Waals surface area contributed by atoms with Crippen LogP contribution in [0.2, 0.25) is 0 Å². The largest absolute Gasteiger partial charge is 0.454 e. The molecular weight excluding hydrogens is 254 g/mol. The molecule has 1 fully saturated rings. The Hall–Kier alpha value is -1.26. The van der Waals surface area contributed by atoms with Crippen molar-refractivity contribution in [3.63, 3.8) is 0 Å². The highest BCUT2D eigenvalue weighted by Crippen LogP contribution is 2.48. The van der Waals surface area contributed by atoms with E-state index in [4.69, 9.17) is 9.47 Å². The second-order valence-corrected chi connectivity index (χ2v) is 6.01.